The average molecular weight is 290 g/mol. The van der Waals surface area contributed by atoms with Crippen LogP contribution in [0.3, 0.4) is 0 Å². The lowest BCUT2D eigenvalue weighted by atomic mass is 10.1. The predicted octanol–water partition coefficient (Wildman–Crippen LogP) is 3.65. The standard InChI is InChI=1S/C19H20N3/c1-2-3-12-21-15-22(19-11-7-6-10-18(19)21)14-17-9-5-4-8-16(17)13-20/h4-11,15H,2-3,12,14H2,1H3/q+1. The van der Waals surface area contributed by atoms with Gasteiger partial charge in [0.1, 0.15) is 6.54 Å². The molecule has 22 heavy (non-hydrogen) atoms. The summed E-state index contributed by atoms with van der Waals surface area (Å²) in [5, 5.41) is 9.27. The molecule has 0 saturated heterocycles. The molecule has 0 fully saturated rings. The SMILES string of the molecule is CCCCn1c[n+](Cc2ccccc2C#N)c2ccccc21. The van der Waals surface area contributed by atoms with Gasteiger partial charge < -0.3 is 0 Å². The van der Waals surface area contributed by atoms with Gasteiger partial charge in [0.2, 0.25) is 6.33 Å². The smallest absolute Gasteiger partial charge is 0.230 e. The van der Waals surface area contributed by atoms with Gasteiger partial charge >= 0.3 is 0 Å². The van der Waals surface area contributed by atoms with Gasteiger partial charge in [-0.05, 0) is 24.6 Å². The van der Waals surface area contributed by atoms with Crippen LogP contribution in [0.4, 0.5) is 0 Å². The molecule has 0 aliphatic heterocycles. The zero-order chi connectivity index (χ0) is 15.4. The van der Waals surface area contributed by atoms with Crippen LogP contribution < -0.4 is 4.57 Å². The number of para-hydroxylation sites is 2. The number of nitrogens with zero attached hydrogens (tertiary/aromatic N) is 3. The van der Waals surface area contributed by atoms with Crippen molar-refractivity contribution in [3.05, 3.63) is 66.0 Å². The Morgan fingerprint density at radius 3 is 2.68 bits per heavy atom. The molecule has 2 aromatic carbocycles. The third kappa shape index (κ3) is 2.73. The first kappa shape index (κ1) is 14.3. The third-order valence-electron chi connectivity index (χ3n) is 4.01. The summed E-state index contributed by atoms with van der Waals surface area (Å²) < 4.78 is 4.55. The maximum absolute atomic E-state index is 9.27. The zero-order valence-corrected chi connectivity index (χ0v) is 12.9. The molecule has 0 N–H and O–H groups in total. The minimum absolute atomic E-state index is 0.726. The van der Waals surface area contributed by atoms with Crippen LogP contribution in [-0.4, -0.2) is 4.57 Å². The van der Waals surface area contributed by atoms with Crippen LogP contribution in [0.2, 0.25) is 0 Å². The molecule has 0 radical (unpaired) electrons. The molecule has 3 rings (SSSR count). The first-order chi connectivity index (χ1) is 10.8. The highest BCUT2D eigenvalue weighted by Gasteiger charge is 2.16. The van der Waals surface area contributed by atoms with E-state index < -0.39 is 0 Å². The lowest BCUT2D eigenvalue weighted by Crippen LogP contribution is -2.33. The highest BCUT2D eigenvalue weighted by Crippen LogP contribution is 2.14. The molecular formula is C19H20N3+. The van der Waals surface area contributed by atoms with Crippen LogP contribution in [0.25, 0.3) is 11.0 Å². The fourth-order valence-corrected chi connectivity index (χ4v) is 2.83. The number of aryl methyl sites for hydroxylation is 1. The second kappa shape index (κ2) is 6.44. The summed E-state index contributed by atoms with van der Waals surface area (Å²) in [6, 6.07) is 18.6. The van der Waals surface area contributed by atoms with Gasteiger partial charge in [-0.15, -0.1) is 0 Å². The van der Waals surface area contributed by atoms with Crippen molar-refractivity contribution in [2.24, 2.45) is 0 Å². The van der Waals surface area contributed by atoms with Gasteiger partial charge in [-0.1, -0.05) is 43.7 Å². The van der Waals surface area contributed by atoms with Gasteiger partial charge in [-0.3, -0.25) is 0 Å². The Kier molecular flexibility index (Phi) is 4.20. The number of benzene rings is 2. The van der Waals surface area contributed by atoms with Gasteiger partial charge in [0.05, 0.1) is 18.2 Å². The Labute approximate surface area is 131 Å². The van der Waals surface area contributed by atoms with E-state index in [9.17, 15) is 5.26 Å². The summed E-state index contributed by atoms with van der Waals surface area (Å²) >= 11 is 0. The van der Waals surface area contributed by atoms with E-state index in [1.165, 1.54) is 23.9 Å². The summed E-state index contributed by atoms with van der Waals surface area (Å²) in [5.41, 5.74) is 4.28. The molecule has 0 amide bonds. The topological polar surface area (TPSA) is 32.6 Å². The third-order valence-corrected chi connectivity index (χ3v) is 4.01. The van der Waals surface area contributed by atoms with Crippen molar-refractivity contribution in [2.45, 2.75) is 32.9 Å². The second-order valence-electron chi connectivity index (χ2n) is 5.55. The fourth-order valence-electron chi connectivity index (χ4n) is 2.83. The predicted molar refractivity (Wildman–Crippen MR) is 87.3 cm³/mol. The van der Waals surface area contributed by atoms with Gasteiger partial charge in [-0.2, -0.15) is 5.26 Å². The molecule has 0 atom stereocenters. The molecule has 1 aromatic heterocycles. The van der Waals surface area contributed by atoms with Crippen LogP contribution in [-0.2, 0) is 13.1 Å². The summed E-state index contributed by atoms with van der Waals surface area (Å²) in [4.78, 5) is 0. The maximum Gasteiger partial charge on any atom is 0.245 e. The number of aromatic nitrogens is 2. The maximum atomic E-state index is 9.27. The average Bonchev–Trinajstić information content (AvgIpc) is 2.91. The Morgan fingerprint density at radius 2 is 1.86 bits per heavy atom. The molecule has 3 nitrogen and oxygen atoms in total. The van der Waals surface area contributed by atoms with E-state index in [-0.39, 0.29) is 0 Å². The van der Waals surface area contributed by atoms with E-state index in [2.05, 4.69) is 52.7 Å². The van der Waals surface area contributed by atoms with Gasteiger partial charge in [-0.25, -0.2) is 9.13 Å². The van der Waals surface area contributed by atoms with Crippen LogP contribution in [0.5, 0.6) is 0 Å². The summed E-state index contributed by atoms with van der Waals surface area (Å²) in [5.74, 6) is 0. The molecule has 1 heterocycles. The van der Waals surface area contributed by atoms with Crippen molar-refractivity contribution >= 4 is 11.0 Å². The molecular weight excluding hydrogens is 270 g/mol. The molecule has 0 bridgehead atoms. The quantitative estimate of drug-likeness (QED) is 0.660. The van der Waals surface area contributed by atoms with E-state index in [0.29, 0.717) is 0 Å². The zero-order valence-electron chi connectivity index (χ0n) is 12.9. The molecule has 110 valence electrons. The van der Waals surface area contributed by atoms with Crippen molar-refractivity contribution < 1.29 is 4.57 Å². The lowest BCUT2D eigenvalue weighted by Gasteiger charge is -2.01. The van der Waals surface area contributed by atoms with Crippen molar-refractivity contribution in [2.75, 3.05) is 0 Å². The van der Waals surface area contributed by atoms with E-state index >= 15 is 0 Å². The van der Waals surface area contributed by atoms with Crippen LogP contribution in [0, 0.1) is 11.3 Å². The van der Waals surface area contributed by atoms with E-state index in [4.69, 9.17) is 0 Å². The Hall–Kier alpha value is -2.60. The van der Waals surface area contributed by atoms with Crippen molar-refractivity contribution in [3.8, 4) is 6.07 Å². The molecule has 3 heteroatoms. The number of imidazole rings is 1. The van der Waals surface area contributed by atoms with Crippen molar-refractivity contribution in [3.63, 3.8) is 0 Å². The summed E-state index contributed by atoms with van der Waals surface area (Å²) in [6.07, 6.45) is 4.53. The van der Waals surface area contributed by atoms with Crippen LogP contribution >= 0.6 is 0 Å². The minimum atomic E-state index is 0.726. The highest BCUT2D eigenvalue weighted by atomic mass is 15.1. The fraction of sp³-hybridized carbons (Fsp3) is 0.263. The molecule has 0 unspecified atom stereocenters. The number of rotatable bonds is 5. The summed E-state index contributed by atoms with van der Waals surface area (Å²) in [6.45, 7) is 3.97. The monoisotopic (exact) mass is 290 g/mol. The second-order valence-corrected chi connectivity index (χ2v) is 5.55. The highest BCUT2D eigenvalue weighted by molar-refractivity contribution is 5.71. The number of hydrogen-bond donors (Lipinski definition) is 0. The van der Waals surface area contributed by atoms with E-state index in [1.54, 1.807) is 0 Å². The Balaban J connectivity index is 2.02. The number of hydrogen-bond acceptors (Lipinski definition) is 1. The number of fused-ring (bicyclic) bond motifs is 1. The molecule has 0 aliphatic rings. The van der Waals surface area contributed by atoms with Gasteiger partial charge in [0, 0.05) is 5.56 Å². The Bertz CT molecular complexity index is 824. The van der Waals surface area contributed by atoms with E-state index in [0.717, 1.165) is 24.2 Å². The van der Waals surface area contributed by atoms with Crippen LogP contribution in [0.1, 0.15) is 30.9 Å². The largest absolute Gasteiger partial charge is 0.245 e. The first-order valence-corrected chi connectivity index (χ1v) is 7.79. The van der Waals surface area contributed by atoms with Crippen molar-refractivity contribution in [1.82, 2.24) is 4.57 Å². The molecule has 0 aliphatic carbocycles. The Morgan fingerprint density at radius 1 is 1.09 bits per heavy atom. The van der Waals surface area contributed by atoms with Crippen molar-refractivity contribution in [1.29, 1.82) is 5.26 Å². The first-order valence-electron chi connectivity index (χ1n) is 7.79. The van der Waals surface area contributed by atoms with Gasteiger partial charge in [0.15, 0.2) is 11.0 Å². The summed E-state index contributed by atoms with van der Waals surface area (Å²) in [7, 11) is 0. The normalized spacial score (nSPS) is 10.7. The number of unbranched alkanes of at least 4 members (excludes halogenated alkanes) is 1. The van der Waals surface area contributed by atoms with Crippen LogP contribution in [0.15, 0.2) is 54.9 Å². The molecule has 0 spiro atoms. The minimum Gasteiger partial charge on any atom is -0.230 e. The number of nitriles is 1. The molecule has 0 saturated carbocycles. The lowest BCUT2D eigenvalue weighted by molar-refractivity contribution is -0.663. The van der Waals surface area contributed by atoms with Gasteiger partial charge in [0.25, 0.3) is 0 Å². The molecule has 3 aromatic rings. The van der Waals surface area contributed by atoms with E-state index in [1.807, 2.05) is 24.3 Å².